The first-order chi connectivity index (χ1) is 12.1. The minimum absolute atomic E-state index is 0.00898. The standard InChI is InChI=1S/C19H25N3O3/c1-20-12-16(15-4-2-3-5-17(15)20)18(23)22-7-6-19(24,14-22)13-21-8-10-25-11-9-21/h2-5,12,24H,6-11,13-14H2,1H3. The second-order valence-electron chi connectivity index (χ2n) is 7.26. The van der Waals surface area contributed by atoms with Crippen LogP contribution in [0.2, 0.25) is 0 Å². The first-order valence-corrected chi connectivity index (χ1v) is 8.92. The van der Waals surface area contributed by atoms with Crippen LogP contribution in [0.1, 0.15) is 16.8 Å². The summed E-state index contributed by atoms with van der Waals surface area (Å²) in [4.78, 5) is 17.0. The average molecular weight is 343 g/mol. The number of carbonyl (C=O) groups is 1. The Morgan fingerprint density at radius 2 is 2.00 bits per heavy atom. The van der Waals surface area contributed by atoms with Crippen molar-refractivity contribution in [2.45, 2.75) is 12.0 Å². The van der Waals surface area contributed by atoms with Gasteiger partial charge in [0.1, 0.15) is 0 Å². The minimum atomic E-state index is -0.822. The summed E-state index contributed by atoms with van der Waals surface area (Å²) in [5, 5.41) is 11.9. The fourth-order valence-corrected chi connectivity index (χ4v) is 4.02. The lowest BCUT2D eigenvalue weighted by molar-refractivity contribution is -0.0257. The number of rotatable bonds is 3. The van der Waals surface area contributed by atoms with Crippen molar-refractivity contribution in [3.8, 4) is 0 Å². The molecular weight excluding hydrogens is 318 g/mol. The number of ether oxygens (including phenoxy) is 1. The number of benzene rings is 1. The number of likely N-dealkylation sites (tertiary alicyclic amines) is 1. The molecule has 4 rings (SSSR count). The first kappa shape index (κ1) is 16.6. The van der Waals surface area contributed by atoms with E-state index in [9.17, 15) is 9.90 Å². The lowest BCUT2D eigenvalue weighted by atomic mass is 10.0. The molecule has 1 N–H and O–H groups in total. The van der Waals surface area contributed by atoms with Gasteiger partial charge < -0.3 is 19.3 Å². The lowest BCUT2D eigenvalue weighted by Gasteiger charge is -2.33. The number of morpholine rings is 1. The van der Waals surface area contributed by atoms with Gasteiger partial charge in [-0.2, -0.15) is 0 Å². The number of aryl methyl sites for hydroxylation is 1. The second-order valence-corrected chi connectivity index (χ2v) is 7.26. The van der Waals surface area contributed by atoms with Crippen molar-refractivity contribution in [2.24, 2.45) is 7.05 Å². The van der Waals surface area contributed by atoms with E-state index in [4.69, 9.17) is 4.74 Å². The highest BCUT2D eigenvalue weighted by Gasteiger charge is 2.40. The fourth-order valence-electron chi connectivity index (χ4n) is 4.02. The normalized spacial score (nSPS) is 25.0. The Kier molecular flexibility index (Phi) is 4.27. The third-order valence-electron chi connectivity index (χ3n) is 5.37. The number of fused-ring (bicyclic) bond motifs is 1. The number of aliphatic hydroxyl groups is 1. The number of hydrogen-bond acceptors (Lipinski definition) is 4. The van der Waals surface area contributed by atoms with E-state index >= 15 is 0 Å². The fraction of sp³-hybridized carbons (Fsp3) is 0.526. The number of amides is 1. The van der Waals surface area contributed by atoms with Gasteiger partial charge in [-0.25, -0.2) is 0 Å². The molecule has 1 atom stereocenters. The summed E-state index contributed by atoms with van der Waals surface area (Å²) in [6.07, 6.45) is 2.52. The molecule has 6 nitrogen and oxygen atoms in total. The van der Waals surface area contributed by atoms with Crippen molar-refractivity contribution in [2.75, 3.05) is 45.9 Å². The van der Waals surface area contributed by atoms with E-state index in [-0.39, 0.29) is 5.91 Å². The van der Waals surface area contributed by atoms with E-state index < -0.39 is 5.60 Å². The van der Waals surface area contributed by atoms with Crippen LogP contribution < -0.4 is 0 Å². The Hall–Kier alpha value is -1.89. The van der Waals surface area contributed by atoms with Crippen LogP contribution >= 0.6 is 0 Å². The third kappa shape index (κ3) is 3.17. The van der Waals surface area contributed by atoms with Crippen LogP contribution in [-0.2, 0) is 11.8 Å². The number of carbonyl (C=O) groups excluding carboxylic acids is 1. The second kappa shape index (κ2) is 6.44. The van der Waals surface area contributed by atoms with Gasteiger partial charge in [0.15, 0.2) is 0 Å². The molecule has 2 aliphatic rings. The molecular formula is C19H25N3O3. The zero-order valence-electron chi connectivity index (χ0n) is 14.6. The Balaban J connectivity index is 1.49. The van der Waals surface area contributed by atoms with E-state index in [1.165, 1.54) is 0 Å². The van der Waals surface area contributed by atoms with Crippen LogP contribution in [0.4, 0.5) is 0 Å². The van der Waals surface area contributed by atoms with Crippen LogP contribution in [0.15, 0.2) is 30.5 Å². The average Bonchev–Trinajstić information content (AvgIpc) is 3.17. The van der Waals surface area contributed by atoms with Crippen molar-refractivity contribution in [3.63, 3.8) is 0 Å². The maximum Gasteiger partial charge on any atom is 0.256 e. The molecule has 134 valence electrons. The summed E-state index contributed by atoms with van der Waals surface area (Å²) in [6.45, 7) is 4.73. The van der Waals surface area contributed by atoms with Crippen LogP contribution in [0.5, 0.6) is 0 Å². The largest absolute Gasteiger partial charge is 0.387 e. The molecule has 1 aromatic carbocycles. The number of β-amino-alcohol motifs (C(OH)–C–C–N with tert-alkyl or cyclic N) is 1. The molecule has 2 fully saturated rings. The molecule has 0 spiro atoms. The smallest absolute Gasteiger partial charge is 0.256 e. The molecule has 1 aromatic heterocycles. The maximum absolute atomic E-state index is 13.0. The molecule has 0 saturated carbocycles. The summed E-state index contributed by atoms with van der Waals surface area (Å²) < 4.78 is 7.35. The molecule has 0 aliphatic carbocycles. The molecule has 1 amide bonds. The molecule has 0 radical (unpaired) electrons. The van der Waals surface area contributed by atoms with Gasteiger partial charge in [-0.1, -0.05) is 18.2 Å². The van der Waals surface area contributed by atoms with E-state index in [0.717, 1.165) is 24.0 Å². The summed E-state index contributed by atoms with van der Waals surface area (Å²) in [6, 6.07) is 7.94. The summed E-state index contributed by atoms with van der Waals surface area (Å²) in [5.74, 6) is 0.00898. The van der Waals surface area contributed by atoms with Gasteiger partial charge >= 0.3 is 0 Å². The summed E-state index contributed by atoms with van der Waals surface area (Å²) in [5.41, 5.74) is 0.944. The van der Waals surface area contributed by atoms with E-state index in [0.29, 0.717) is 44.8 Å². The molecule has 2 aliphatic heterocycles. The van der Waals surface area contributed by atoms with Crippen molar-refractivity contribution >= 4 is 16.8 Å². The highest BCUT2D eigenvalue weighted by atomic mass is 16.5. The monoisotopic (exact) mass is 343 g/mol. The first-order valence-electron chi connectivity index (χ1n) is 8.92. The van der Waals surface area contributed by atoms with Crippen molar-refractivity contribution in [1.29, 1.82) is 0 Å². The number of hydrogen-bond donors (Lipinski definition) is 1. The molecule has 1 unspecified atom stereocenters. The van der Waals surface area contributed by atoms with E-state index in [1.807, 2.05) is 42.1 Å². The number of para-hydroxylation sites is 1. The van der Waals surface area contributed by atoms with Gasteiger partial charge in [0.05, 0.1) is 30.9 Å². The van der Waals surface area contributed by atoms with Crippen molar-refractivity contribution in [1.82, 2.24) is 14.4 Å². The van der Waals surface area contributed by atoms with Gasteiger partial charge in [-0.15, -0.1) is 0 Å². The SMILES string of the molecule is Cn1cc(C(=O)N2CCC(O)(CN3CCOCC3)C2)c2ccccc21. The Labute approximate surface area is 147 Å². The quantitative estimate of drug-likeness (QED) is 0.906. The molecule has 2 saturated heterocycles. The van der Waals surface area contributed by atoms with E-state index in [1.54, 1.807) is 4.90 Å². The van der Waals surface area contributed by atoms with Gasteiger partial charge in [0.2, 0.25) is 0 Å². The van der Waals surface area contributed by atoms with Gasteiger partial charge in [0.25, 0.3) is 5.91 Å². The molecule has 6 heteroatoms. The zero-order valence-corrected chi connectivity index (χ0v) is 14.6. The van der Waals surface area contributed by atoms with Crippen molar-refractivity contribution < 1.29 is 14.6 Å². The van der Waals surface area contributed by atoms with Crippen LogP contribution in [0, 0.1) is 0 Å². The Morgan fingerprint density at radius 3 is 2.80 bits per heavy atom. The highest BCUT2D eigenvalue weighted by Crippen LogP contribution is 2.27. The molecule has 2 aromatic rings. The van der Waals surface area contributed by atoms with Gasteiger partial charge in [-0.05, 0) is 12.5 Å². The minimum Gasteiger partial charge on any atom is -0.387 e. The van der Waals surface area contributed by atoms with Crippen LogP contribution in [0.3, 0.4) is 0 Å². The van der Waals surface area contributed by atoms with E-state index in [2.05, 4.69) is 4.90 Å². The zero-order chi connectivity index (χ0) is 17.4. The molecule has 3 heterocycles. The van der Waals surface area contributed by atoms with Gasteiger partial charge in [-0.3, -0.25) is 9.69 Å². The van der Waals surface area contributed by atoms with Crippen LogP contribution in [0.25, 0.3) is 10.9 Å². The number of nitrogens with zero attached hydrogens (tertiary/aromatic N) is 3. The number of aromatic nitrogens is 1. The van der Waals surface area contributed by atoms with Crippen LogP contribution in [-0.4, -0.2) is 76.9 Å². The summed E-state index contributed by atoms with van der Waals surface area (Å²) in [7, 11) is 1.96. The molecule has 0 bridgehead atoms. The Bertz CT molecular complexity index is 781. The Morgan fingerprint density at radius 1 is 1.24 bits per heavy atom. The third-order valence-corrected chi connectivity index (χ3v) is 5.37. The van der Waals surface area contributed by atoms with Gasteiger partial charge in [0, 0.05) is 50.3 Å². The van der Waals surface area contributed by atoms with Crippen molar-refractivity contribution in [3.05, 3.63) is 36.0 Å². The lowest BCUT2D eigenvalue weighted by Crippen LogP contribution is -2.49. The predicted molar refractivity (Wildman–Crippen MR) is 95.6 cm³/mol. The maximum atomic E-state index is 13.0. The predicted octanol–water partition coefficient (Wildman–Crippen LogP) is 1.09. The molecule has 25 heavy (non-hydrogen) atoms. The topological polar surface area (TPSA) is 57.9 Å². The summed E-state index contributed by atoms with van der Waals surface area (Å²) >= 11 is 0. The highest BCUT2D eigenvalue weighted by molar-refractivity contribution is 6.07.